The van der Waals surface area contributed by atoms with Crippen molar-refractivity contribution in [1.82, 2.24) is 5.32 Å². The van der Waals surface area contributed by atoms with Crippen LogP contribution in [0.4, 0.5) is 4.39 Å². The van der Waals surface area contributed by atoms with Crippen LogP contribution in [0.25, 0.3) is 0 Å². The molecule has 0 bridgehead atoms. The second-order valence-corrected chi connectivity index (χ2v) is 4.70. The molecule has 1 heterocycles. The van der Waals surface area contributed by atoms with Gasteiger partial charge in [-0.1, -0.05) is 0 Å². The molecule has 0 unspecified atom stereocenters. The van der Waals surface area contributed by atoms with Crippen LogP contribution < -0.4 is 10.1 Å². The molecule has 1 aliphatic heterocycles. The number of halogens is 1. The van der Waals surface area contributed by atoms with Gasteiger partial charge >= 0.3 is 0 Å². The molecule has 1 fully saturated rings. The van der Waals surface area contributed by atoms with Crippen molar-refractivity contribution in [2.24, 2.45) is 0 Å². The van der Waals surface area contributed by atoms with Crippen LogP contribution in [0, 0.1) is 5.82 Å². The van der Waals surface area contributed by atoms with E-state index in [1.54, 1.807) is 0 Å². The molecule has 0 aliphatic carbocycles. The highest BCUT2D eigenvalue weighted by atomic mass is 19.1. The molecule has 20 heavy (non-hydrogen) atoms. The van der Waals surface area contributed by atoms with Crippen molar-refractivity contribution in [2.75, 3.05) is 19.8 Å². The molecule has 6 heteroatoms. The summed E-state index contributed by atoms with van der Waals surface area (Å²) in [5.74, 6) is -0.515. The van der Waals surface area contributed by atoms with Gasteiger partial charge in [0.1, 0.15) is 11.6 Å². The van der Waals surface area contributed by atoms with E-state index < -0.39 is 5.82 Å². The van der Waals surface area contributed by atoms with Gasteiger partial charge in [-0.05, 0) is 30.5 Å². The van der Waals surface area contributed by atoms with Crippen LogP contribution in [0.2, 0.25) is 0 Å². The Kier molecular flexibility index (Phi) is 5.31. The Bertz CT molecular complexity index is 460. The van der Waals surface area contributed by atoms with Crippen molar-refractivity contribution < 1.29 is 23.8 Å². The minimum Gasteiger partial charge on any atom is -0.484 e. The van der Waals surface area contributed by atoms with Crippen molar-refractivity contribution in [1.29, 1.82) is 0 Å². The topological polar surface area (TPSA) is 67.8 Å². The van der Waals surface area contributed by atoms with Gasteiger partial charge in [0, 0.05) is 25.3 Å². The molecule has 0 saturated carbocycles. The number of benzene rings is 1. The molecule has 110 valence electrons. The number of carbonyl (C=O) groups is 1. The number of hydrogen-bond donors (Lipinski definition) is 2. The van der Waals surface area contributed by atoms with Crippen LogP contribution in [0.1, 0.15) is 18.4 Å². The van der Waals surface area contributed by atoms with E-state index in [9.17, 15) is 9.18 Å². The normalized spacial score (nSPS) is 15.9. The Morgan fingerprint density at radius 1 is 1.40 bits per heavy atom. The summed E-state index contributed by atoms with van der Waals surface area (Å²) >= 11 is 0. The minimum absolute atomic E-state index is 0.111. The standard InChI is InChI=1S/C14H18FNO4/c15-11-5-10(8-17)6-13(7-11)20-9-14(18)16-12-1-3-19-4-2-12/h5-7,12,17H,1-4,8-9H2,(H,16,18). The van der Waals surface area contributed by atoms with Gasteiger partial charge in [-0.15, -0.1) is 0 Å². The monoisotopic (exact) mass is 283 g/mol. The predicted molar refractivity (Wildman–Crippen MR) is 69.8 cm³/mol. The van der Waals surface area contributed by atoms with Crippen molar-refractivity contribution in [2.45, 2.75) is 25.5 Å². The minimum atomic E-state index is -0.503. The maximum atomic E-state index is 13.2. The van der Waals surface area contributed by atoms with E-state index in [0.29, 0.717) is 18.8 Å². The molecular weight excluding hydrogens is 265 g/mol. The molecular formula is C14H18FNO4. The smallest absolute Gasteiger partial charge is 0.258 e. The second kappa shape index (κ2) is 7.21. The largest absolute Gasteiger partial charge is 0.484 e. The van der Waals surface area contributed by atoms with Gasteiger partial charge < -0.3 is 19.9 Å². The number of amides is 1. The number of aliphatic hydroxyl groups is 1. The van der Waals surface area contributed by atoms with Crippen molar-refractivity contribution in [3.63, 3.8) is 0 Å². The molecule has 2 rings (SSSR count). The quantitative estimate of drug-likeness (QED) is 0.845. The highest BCUT2D eigenvalue weighted by Crippen LogP contribution is 2.16. The van der Waals surface area contributed by atoms with Gasteiger partial charge in [0.15, 0.2) is 6.61 Å². The van der Waals surface area contributed by atoms with Crippen LogP contribution in [0.15, 0.2) is 18.2 Å². The van der Waals surface area contributed by atoms with Gasteiger partial charge in [-0.2, -0.15) is 0 Å². The summed E-state index contributed by atoms with van der Waals surface area (Å²) in [6.07, 6.45) is 1.58. The van der Waals surface area contributed by atoms with Crippen LogP contribution in [-0.2, 0) is 16.1 Å². The number of aliphatic hydroxyl groups excluding tert-OH is 1. The Balaban J connectivity index is 1.81. The summed E-state index contributed by atoms with van der Waals surface area (Å²) in [5, 5.41) is 11.8. The maximum absolute atomic E-state index is 13.2. The molecule has 0 radical (unpaired) electrons. The fourth-order valence-electron chi connectivity index (χ4n) is 2.06. The zero-order valence-corrected chi connectivity index (χ0v) is 11.1. The first-order valence-corrected chi connectivity index (χ1v) is 6.57. The van der Waals surface area contributed by atoms with Gasteiger partial charge in [0.2, 0.25) is 0 Å². The third kappa shape index (κ3) is 4.47. The molecule has 0 atom stereocenters. The van der Waals surface area contributed by atoms with E-state index in [4.69, 9.17) is 14.6 Å². The molecule has 0 spiro atoms. The van der Waals surface area contributed by atoms with Gasteiger partial charge in [-0.3, -0.25) is 4.79 Å². The Morgan fingerprint density at radius 3 is 2.85 bits per heavy atom. The van der Waals surface area contributed by atoms with E-state index in [2.05, 4.69) is 5.32 Å². The Labute approximate surface area is 116 Å². The van der Waals surface area contributed by atoms with E-state index >= 15 is 0 Å². The van der Waals surface area contributed by atoms with Crippen molar-refractivity contribution in [3.05, 3.63) is 29.6 Å². The molecule has 2 N–H and O–H groups in total. The van der Waals surface area contributed by atoms with E-state index in [0.717, 1.165) is 12.8 Å². The molecule has 1 aromatic rings. The third-order valence-corrected chi connectivity index (χ3v) is 3.07. The molecule has 1 aliphatic rings. The van der Waals surface area contributed by atoms with E-state index in [-0.39, 0.29) is 30.9 Å². The average molecular weight is 283 g/mol. The van der Waals surface area contributed by atoms with Crippen LogP contribution in [0.3, 0.4) is 0 Å². The lowest BCUT2D eigenvalue weighted by Crippen LogP contribution is -2.41. The summed E-state index contributed by atoms with van der Waals surface area (Å²) in [6, 6.07) is 4.01. The fourth-order valence-corrected chi connectivity index (χ4v) is 2.06. The van der Waals surface area contributed by atoms with E-state index in [1.807, 2.05) is 0 Å². The molecule has 1 aromatic carbocycles. The Morgan fingerprint density at radius 2 is 2.15 bits per heavy atom. The van der Waals surface area contributed by atoms with Gasteiger partial charge in [-0.25, -0.2) is 4.39 Å². The number of hydrogen-bond acceptors (Lipinski definition) is 4. The van der Waals surface area contributed by atoms with Crippen LogP contribution in [0.5, 0.6) is 5.75 Å². The van der Waals surface area contributed by atoms with Crippen LogP contribution in [-0.4, -0.2) is 36.9 Å². The lowest BCUT2D eigenvalue weighted by molar-refractivity contribution is -0.124. The first kappa shape index (κ1) is 14.7. The fraction of sp³-hybridized carbons (Fsp3) is 0.500. The van der Waals surface area contributed by atoms with Crippen molar-refractivity contribution >= 4 is 5.91 Å². The highest BCUT2D eigenvalue weighted by molar-refractivity contribution is 5.77. The number of ether oxygens (including phenoxy) is 2. The number of carbonyl (C=O) groups excluding carboxylic acids is 1. The number of nitrogens with one attached hydrogen (secondary N) is 1. The summed E-state index contributed by atoms with van der Waals surface area (Å²) in [7, 11) is 0. The second-order valence-electron chi connectivity index (χ2n) is 4.70. The summed E-state index contributed by atoms with van der Waals surface area (Å²) in [5.41, 5.74) is 0.407. The zero-order valence-electron chi connectivity index (χ0n) is 11.1. The molecule has 0 aromatic heterocycles. The predicted octanol–water partition coefficient (Wildman–Crippen LogP) is 0.992. The SMILES string of the molecule is O=C(COc1cc(F)cc(CO)c1)NC1CCOCC1. The first-order chi connectivity index (χ1) is 9.67. The van der Waals surface area contributed by atoms with Gasteiger partial charge in [0.05, 0.1) is 6.61 Å². The zero-order chi connectivity index (χ0) is 14.4. The molecule has 5 nitrogen and oxygen atoms in total. The average Bonchev–Trinajstić information content (AvgIpc) is 2.45. The number of rotatable bonds is 5. The lowest BCUT2D eigenvalue weighted by Gasteiger charge is -2.23. The lowest BCUT2D eigenvalue weighted by atomic mass is 10.1. The summed E-state index contributed by atoms with van der Waals surface area (Å²) in [4.78, 5) is 11.7. The Hall–Kier alpha value is -1.66. The summed E-state index contributed by atoms with van der Waals surface area (Å²) in [6.45, 7) is 0.846. The molecule has 1 saturated heterocycles. The summed E-state index contributed by atoms with van der Waals surface area (Å²) < 4.78 is 23.6. The van der Waals surface area contributed by atoms with Gasteiger partial charge in [0.25, 0.3) is 5.91 Å². The first-order valence-electron chi connectivity index (χ1n) is 6.57. The highest BCUT2D eigenvalue weighted by Gasteiger charge is 2.16. The van der Waals surface area contributed by atoms with Crippen LogP contribution >= 0.6 is 0 Å². The van der Waals surface area contributed by atoms with E-state index in [1.165, 1.54) is 18.2 Å². The third-order valence-electron chi connectivity index (χ3n) is 3.07. The maximum Gasteiger partial charge on any atom is 0.258 e. The van der Waals surface area contributed by atoms with Crippen molar-refractivity contribution in [3.8, 4) is 5.75 Å². The molecule has 1 amide bonds.